The summed E-state index contributed by atoms with van der Waals surface area (Å²) in [4.78, 5) is 0.125. The van der Waals surface area contributed by atoms with Gasteiger partial charge in [-0.3, -0.25) is 0 Å². The molecule has 28 heavy (non-hydrogen) atoms. The highest BCUT2D eigenvalue weighted by atomic mass is 35.5. The first-order valence-electron chi connectivity index (χ1n) is 7.71. The van der Waals surface area contributed by atoms with Gasteiger partial charge in [0.1, 0.15) is 0 Å². The molecule has 5 N–H and O–H groups in total. The van der Waals surface area contributed by atoms with E-state index in [0.717, 1.165) is 10.2 Å². The molecule has 0 saturated carbocycles. The van der Waals surface area contributed by atoms with Crippen molar-refractivity contribution in [3.63, 3.8) is 0 Å². The van der Waals surface area contributed by atoms with Gasteiger partial charge in [-0.05, 0) is 25.1 Å². The molecule has 0 amide bonds. The lowest BCUT2D eigenvalue weighted by Crippen LogP contribution is -2.43. The van der Waals surface area contributed by atoms with E-state index in [1.807, 2.05) is 0 Å². The highest BCUT2D eigenvalue weighted by molar-refractivity contribution is 7.83. The highest BCUT2D eigenvalue weighted by Gasteiger charge is 2.39. The van der Waals surface area contributed by atoms with E-state index in [0.29, 0.717) is 11.1 Å². The molecule has 0 aliphatic carbocycles. The molecule has 1 aromatic heterocycles. The number of hydrogen-bond acceptors (Lipinski definition) is 5. The second-order valence-corrected chi connectivity index (χ2v) is 7.75. The van der Waals surface area contributed by atoms with Crippen LogP contribution in [0, 0.1) is 6.92 Å². The van der Waals surface area contributed by atoms with Gasteiger partial charge in [0.25, 0.3) is 0 Å². The van der Waals surface area contributed by atoms with E-state index in [1.54, 1.807) is 18.4 Å². The first-order chi connectivity index (χ1) is 13.2. The number of hydrazone groups is 1. The zero-order valence-electron chi connectivity index (χ0n) is 14.3. The number of nitrogens with two attached hydrogens (primary N) is 2. The Labute approximate surface area is 170 Å². The Morgan fingerprint density at radius 3 is 2.50 bits per heavy atom. The van der Waals surface area contributed by atoms with Crippen LogP contribution in [0.15, 0.2) is 46.4 Å². The number of benzene rings is 2. The summed E-state index contributed by atoms with van der Waals surface area (Å²) < 4.78 is 43.5. The fourth-order valence-electron chi connectivity index (χ4n) is 2.64. The van der Waals surface area contributed by atoms with E-state index >= 15 is 0 Å². The Bertz CT molecular complexity index is 1100. The predicted molar refractivity (Wildman–Crippen MR) is 106 cm³/mol. The van der Waals surface area contributed by atoms with Crippen LogP contribution in [0.25, 0.3) is 10.9 Å². The van der Waals surface area contributed by atoms with Gasteiger partial charge in [0.15, 0.2) is 11.0 Å². The van der Waals surface area contributed by atoms with Crippen molar-refractivity contribution in [1.29, 1.82) is 0 Å². The van der Waals surface area contributed by atoms with Crippen LogP contribution < -0.4 is 17.1 Å². The summed E-state index contributed by atoms with van der Waals surface area (Å²) in [6, 6.07) is 8.42. The van der Waals surface area contributed by atoms with Gasteiger partial charge in [-0.2, -0.15) is 23.1 Å². The molecule has 148 valence electrons. The van der Waals surface area contributed by atoms with Crippen LogP contribution in [0.1, 0.15) is 11.3 Å². The molecule has 1 heterocycles. The van der Waals surface area contributed by atoms with E-state index in [1.165, 1.54) is 24.3 Å². The molecule has 0 bridgehead atoms. The Kier molecular flexibility index (Phi) is 5.57. The third-order valence-corrected chi connectivity index (χ3v) is 6.25. The van der Waals surface area contributed by atoms with E-state index in [-0.39, 0.29) is 20.5 Å². The fourth-order valence-corrected chi connectivity index (χ4v) is 4.61. The molecule has 0 saturated heterocycles. The zero-order chi connectivity index (χ0) is 20.6. The van der Waals surface area contributed by atoms with Gasteiger partial charge in [0, 0.05) is 10.9 Å². The molecule has 2 aromatic carbocycles. The minimum atomic E-state index is -3.61. The molecule has 0 aliphatic rings. The summed E-state index contributed by atoms with van der Waals surface area (Å²) in [5, 5.41) is 8.06. The molecule has 12 heteroatoms. The molecule has 0 aliphatic heterocycles. The number of nitrogens with zero attached hydrogens (tertiary/aromatic N) is 3. The Morgan fingerprint density at radius 1 is 1.29 bits per heavy atom. The average molecular weight is 447 g/mol. The zero-order valence-corrected chi connectivity index (χ0v) is 16.6. The number of alkyl halides is 2. The molecule has 0 spiro atoms. The number of halogens is 4. The summed E-state index contributed by atoms with van der Waals surface area (Å²) in [5.41, 5.74) is 2.00. The maximum Gasteiger partial charge on any atom is 0.332 e. The van der Waals surface area contributed by atoms with Crippen LogP contribution in [0.4, 0.5) is 8.78 Å². The number of aryl methyl sites for hydroxylation is 1. The van der Waals surface area contributed by atoms with E-state index < -0.39 is 28.3 Å². The SMILES string of the molecule is Cc1nn(S(=O)c2c(Cl)cccc2Cl)c2cc(C(F)(F)/C(=N/N)NN)ccc12. The minimum Gasteiger partial charge on any atom is -0.321 e. The van der Waals surface area contributed by atoms with Crippen LogP contribution in [-0.4, -0.2) is 19.2 Å². The van der Waals surface area contributed by atoms with E-state index in [4.69, 9.17) is 34.9 Å². The lowest BCUT2D eigenvalue weighted by atomic mass is 10.1. The molecule has 0 fully saturated rings. The van der Waals surface area contributed by atoms with Crippen molar-refractivity contribution in [2.24, 2.45) is 16.8 Å². The summed E-state index contributed by atoms with van der Waals surface area (Å²) in [6.45, 7) is 1.66. The maximum atomic E-state index is 14.6. The van der Waals surface area contributed by atoms with Gasteiger partial charge in [0.2, 0.25) is 5.84 Å². The van der Waals surface area contributed by atoms with Crippen LogP contribution in [0.5, 0.6) is 0 Å². The van der Waals surface area contributed by atoms with Gasteiger partial charge in [-0.15, -0.1) is 0 Å². The number of amidine groups is 1. The van der Waals surface area contributed by atoms with Crippen LogP contribution in [-0.2, 0) is 16.9 Å². The number of rotatable bonds is 4. The van der Waals surface area contributed by atoms with Crippen molar-refractivity contribution in [2.45, 2.75) is 17.7 Å². The molecule has 1 atom stereocenters. The standard InChI is InChI=1S/C16H14Cl2F2N6OS/c1-8-10-6-5-9(16(19,20)15(23-21)24-22)7-13(10)26(25-8)28(27)14-11(17)3-2-4-12(14)18/h2-7H,21-22H2,1H3,(H,23,24). The third-order valence-electron chi connectivity index (χ3n) is 4.01. The Morgan fingerprint density at radius 2 is 1.93 bits per heavy atom. The monoisotopic (exact) mass is 446 g/mol. The van der Waals surface area contributed by atoms with Crippen molar-refractivity contribution in [3.05, 3.63) is 57.7 Å². The highest BCUT2D eigenvalue weighted by Crippen LogP contribution is 2.34. The molecular formula is C16H14Cl2F2N6OS. The lowest BCUT2D eigenvalue weighted by molar-refractivity contribution is 0.0714. The Hall–Kier alpha value is -2.27. The number of aromatic nitrogens is 2. The predicted octanol–water partition coefficient (Wildman–Crippen LogP) is 3.05. The average Bonchev–Trinajstić information content (AvgIpc) is 2.98. The van der Waals surface area contributed by atoms with E-state index in [2.05, 4.69) is 10.2 Å². The Balaban J connectivity index is 2.21. The van der Waals surface area contributed by atoms with Crippen molar-refractivity contribution in [3.8, 4) is 0 Å². The third kappa shape index (κ3) is 3.32. The molecule has 7 nitrogen and oxygen atoms in total. The molecule has 3 aromatic rings. The van der Waals surface area contributed by atoms with E-state index in [9.17, 15) is 13.0 Å². The minimum absolute atomic E-state index is 0.125. The summed E-state index contributed by atoms with van der Waals surface area (Å²) in [7, 11) is -1.97. The number of fused-ring (bicyclic) bond motifs is 1. The van der Waals surface area contributed by atoms with Crippen molar-refractivity contribution in [1.82, 2.24) is 14.6 Å². The second kappa shape index (κ2) is 7.63. The van der Waals surface area contributed by atoms with Gasteiger partial charge >= 0.3 is 5.92 Å². The largest absolute Gasteiger partial charge is 0.332 e. The molecule has 0 radical (unpaired) electrons. The van der Waals surface area contributed by atoms with Gasteiger partial charge in [-0.25, -0.2) is 10.1 Å². The summed E-state index contributed by atoms with van der Waals surface area (Å²) in [6.07, 6.45) is 0. The topological polar surface area (TPSA) is 111 Å². The number of hydrazine groups is 1. The first-order valence-corrected chi connectivity index (χ1v) is 9.57. The smallest absolute Gasteiger partial charge is 0.321 e. The van der Waals surface area contributed by atoms with Gasteiger partial charge in [0.05, 0.1) is 26.2 Å². The lowest BCUT2D eigenvalue weighted by Gasteiger charge is -2.18. The molecule has 1 unspecified atom stereocenters. The van der Waals surface area contributed by atoms with Crippen molar-refractivity contribution < 1.29 is 13.0 Å². The molecule has 3 rings (SSSR count). The van der Waals surface area contributed by atoms with Crippen molar-refractivity contribution >= 4 is 50.9 Å². The second-order valence-electron chi connectivity index (χ2n) is 5.69. The van der Waals surface area contributed by atoms with Crippen LogP contribution in [0.2, 0.25) is 10.0 Å². The summed E-state index contributed by atoms with van der Waals surface area (Å²) in [5.74, 6) is 5.52. The normalized spacial score (nSPS) is 13.7. The maximum absolute atomic E-state index is 14.6. The number of hydrogen-bond donors (Lipinski definition) is 3. The quantitative estimate of drug-likeness (QED) is 0.246. The summed E-state index contributed by atoms with van der Waals surface area (Å²) >= 11 is 12.2. The van der Waals surface area contributed by atoms with Gasteiger partial charge < -0.3 is 11.3 Å². The van der Waals surface area contributed by atoms with Crippen molar-refractivity contribution in [2.75, 3.05) is 0 Å². The van der Waals surface area contributed by atoms with Crippen LogP contribution in [0.3, 0.4) is 0 Å². The van der Waals surface area contributed by atoms with Crippen LogP contribution >= 0.6 is 23.2 Å². The van der Waals surface area contributed by atoms with Gasteiger partial charge in [-0.1, -0.05) is 41.4 Å². The fraction of sp³-hybridized carbons (Fsp3) is 0.125. The first kappa shape index (κ1) is 20.5. The molecular weight excluding hydrogens is 433 g/mol. The number of nitrogens with one attached hydrogen (secondary N) is 1.